The first-order chi connectivity index (χ1) is 9.78. The molecule has 0 atom stereocenters. The molecule has 0 bridgehead atoms. The van der Waals surface area contributed by atoms with Crippen LogP contribution in [0.4, 0.5) is 4.39 Å². The summed E-state index contributed by atoms with van der Waals surface area (Å²) in [4.78, 5) is 0. The summed E-state index contributed by atoms with van der Waals surface area (Å²) in [5, 5.41) is 2.86. The lowest BCUT2D eigenvalue weighted by atomic mass is 10.2. The second-order valence-electron chi connectivity index (χ2n) is 4.34. The van der Waals surface area contributed by atoms with Crippen LogP contribution in [0.3, 0.4) is 0 Å². The number of ether oxygens (including phenoxy) is 2. The van der Waals surface area contributed by atoms with Crippen molar-refractivity contribution in [3.63, 3.8) is 0 Å². The minimum absolute atomic E-state index is 0.178. The summed E-state index contributed by atoms with van der Waals surface area (Å²) >= 11 is 1.41. The smallest absolute Gasteiger partial charge is 0.140 e. The molecule has 1 heterocycles. The van der Waals surface area contributed by atoms with Crippen molar-refractivity contribution in [1.82, 2.24) is 0 Å². The van der Waals surface area contributed by atoms with Crippen molar-refractivity contribution in [2.75, 3.05) is 7.11 Å². The predicted octanol–water partition coefficient (Wildman–Crippen LogP) is 4.63. The SMILES string of the molecule is COc1ccc(OCc2csc3c(F)cccc23)cc1. The van der Waals surface area contributed by atoms with E-state index in [0.717, 1.165) is 22.4 Å². The second kappa shape index (κ2) is 5.51. The highest BCUT2D eigenvalue weighted by Crippen LogP contribution is 2.29. The Morgan fingerprint density at radius 3 is 2.55 bits per heavy atom. The molecule has 0 unspecified atom stereocenters. The van der Waals surface area contributed by atoms with Crippen molar-refractivity contribution in [3.05, 3.63) is 59.2 Å². The summed E-state index contributed by atoms with van der Waals surface area (Å²) in [6.07, 6.45) is 0. The van der Waals surface area contributed by atoms with Gasteiger partial charge in [0.05, 0.1) is 11.8 Å². The monoisotopic (exact) mass is 288 g/mol. The van der Waals surface area contributed by atoms with Crippen LogP contribution in [0.2, 0.25) is 0 Å². The largest absolute Gasteiger partial charge is 0.497 e. The number of thiophene rings is 1. The van der Waals surface area contributed by atoms with Crippen LogP contribution in [0, 0.1) is 5.82 Å². The highest BCUT2D eigenvalue weighted by molar-refractivity contribution is 7.17. The van der Waals surface area contributed by atoms with E-state index >= 15 is 0 Å². The van der Waals surface area contributed by atoms with Gasteiger partial charge in [-0.25, -0.2) is 4.39 Å². The van der Waals surface area contributed by atoms with Crippen LogP contribution < -0.4 is 9.47 Å². The predicted molar refractivity (Wildman–Crippen MR) is 79.1 cm³/mol. The lowest BCUT2D eigenvalue weighted by molar-refractivity contribution is 0.307. The zero-order valence-corrected chi connectivity index (χ0v) is 11.7. The van der Waals surface area contributed by atoms with Crippen LogP contribution in [-0.2, 0) is 6.61 Å². The fourth-order valence-corrected chi connectivity index (χ4v) is 2.98. The molecule has 0 saturated heterocycles. The van der Waals surface area contributed by atoms with E-state index in [2.05, 4.69) is 0 Å². The number of methoxy groups -OCH3 is 1. The molecule has 3 rings (SSSR count). The van der Waals surface area contributed by atoms with E-state index in [9.17, 15) is 4.39 Å². The van der Waals surface area contributed by atoms with Gasteiger partial charge >= 0.3 is 0 Å². The van der Waals surface area contributed by atoms with Gasteiger partial charge in [-0.15, -0.1) is 11.3 Å². The maximum absolute atomic E-state index is 13.6. The van der Waals surface area contributed by atoms with Crippen LogP contribution >= 0.6 is 11.3 Å². The molecule has 20 heavy (non-hydrogen) atoms. The molecule has 0 radical (unpaired) electrons. The Kier molecular flexibility index (Phi) is 3.56. The molecule has 102 valence electrons. The van der Waals surface area contributed by atoms with E-state index in [0.29, 0.717) is 11.3 Å². The van der Waals surface area contributed by atoms with E-state index in [4.69, 9.17) is 9.47 Å². The van der Waals surface area contributed by atoms with Gasteiger partial charge in [-0.1, -0.05) is 12.1 Å². The normalized spacial score (nSPS) is 10.7. The molecular formula is C16H13FO2S. The number of halogens is 1. The molecule has 0 N–H and O–H groups in total. The molecule has 3 aromatic rings. The van der Waals surface area contributed by atoms with Crippen LogP contribution in [0.15, 0.2) is 47.8 Å². The standard InChI is InChI=1S/C16H13FO2S/c1-18-12-5-7-13(8-6-12)19-9-11-10-20-16-14(11)3-2-4-15(16)17/h2-8,10H,9H2,1H3. The third-order valence-electron chi connectivity index (χ3n) is 3.09. The minimum atomic E-state index is -0.178. The van der Waals surface area contributed by atoms with Gasteiger partial charge in [0.25, 0.3) is 0 Å². The summed E-state index contributed by atoms with van der Waals surface area (Å²) < 4.78 is 25.1. The molecule has 0 aliphatic heterocycles. The Morgan fingerprint density at radius 1 is 1.05 bits per heavy atom. The summed E-state index contributed by atoms with van der Waals surface area (Å²) in [6.45, 7) is 0.426. The van der Waals surface area contributed by atoms with Gasteiger partial charge in [-0.05, 0) is 35.7 Å². The molecule has 0 aliphatic rings. The Morgan fingerprint density at radius 2 is 1.80 bits per heavy atom. The Labute approximate surface area is 120 Å². The van der Waals surface area contributed by atoms with Gasteiger partial charge in [0.2, 0.25) is 0 Å². The summed E-state index contributed by atoms with van der Waals surface area (Å²) in [7, 11) is 1.63. The third-order valence-corrected chi connectivity index (χ3v) is 4.14. The summed E-state index contributed by atoms with van der Waals surface area (Å²) in [5.74, 6) is 1.38. The molecule has 2 nitrogen and oxygen atoms in total. The van der Waals surface area contributed by atoms with Gasteiger partial charge in [0, 0.05) is 10.9 Å². The van der Waals surface area contributed by atoms with Gasteiger partial charge < -0.3 is 9.47 Å². The Bertz CT molecular complexity index is 719. The van der Waals surface area contributed by atoms with E-state index in [1.54, 1.807) is 13.2 Å². The van der Waals surface area contributed by atoms with Crippen molar-refractivity contribution in [2.45, 2.75) is 6.61 Å². The van der Waals surface area contributed by atoms with E-state index < -0.39 is 0 Å². The minimum Gasteiger partial charge on any atom is -0.497 e. The quantitative estimate of drug-likeness (QED) is 0.697. The molecule has 0 saturated carbocycles. The Hall–Kier alpha value is -2.07. The van der Waals surface area contributed by atoms with Crippen molar-refractivity contribution in [2.24, 2.45) is 0 Å². The highest BCUT2D eigenvalue weighted by Gasteiger charge is 2.08. The lowest BCUT2D eigenvalue weighted by Crippen LogP contribution is -1.94. The fraction of sp³-hybridized carbons (Fsp3) is 0.125. The molecule has 4 heteroatoms. The molecule has 0 amide bonds. The van der Waals surface area contributed by atoms with Crippen molar-refractivity contribution >= 4 is 21.4 Å². The second-order valence-corrected chi connectivity index (χ2v) is 5.22. The number of fused-ring (bicyclic) bond motifs is 1. The van der Waals surface area contributed by atoms with Crippen molar-refractivity contribution < 1.29 is 13.9 Å². The fourth-order valence-electron chi connectivity index (χ4n) is 2.02. The van der Waals surface area contributed by atoms with Crippen LogP contribution in [0.5, 0.6) is 11.5 Å². The summed E-state index contributed by atoms with van der Waals surface area (Å²) in [6, 6.07) is 12.5. The van der Waals surface area contributed by atoms with Crippen LogP contribution in [-0.4, -0.2) is 7.11 Å². The van der Waals surface area contributed by atoms with E-state index in [-0.39, 0.29) is 5.82 Å². The zero-order valence-electron chi connectivity index (χ0n) is 10.9. The first kappa shape index (κ1) is 12.9. The van der Waals surface area contributed by atoms with Gasteiger partial charge in [0.15, 0.2) is 0 Å². The zero-order chi connectivity index (χ0) is 13.9. The van der Waals surface area contributed by atoms with E-state index in [1.807, 2.05) is 35.7 Å². The first-order valence-corrected chi connectivity index (χ1v) is 7.07. The third kappa shape index (κ3) is 2.47. The topological polar surface area (TPSA) is 18.5 Å². The molecule has 0 spiro atoms. The van der Waals surface area contributed by atoms with Gasteiger partial charge in [-0.2, -0.15) is 0 Å². The average molecular weight is 288 g/mol. The van der Waals surface area contributed by atoms with E-state index in [1.165, 1.54) is 17.4 Å². The molecule has 2 aromatic carbocycles. The molecule has 0 aliphatic carbocycles. The average Bonchev–Trinajstić information content (AvgIpc) is 2.90. The molecular weight excluding hydrogens is 275 g/mol. The maximum atomic E-state index is 13.6. The van der Waals surface area contributed by atoms with Crippen molar-refractivity contribution in [1.29, 1.82) is 0 Å². The summed E-state index contributed by atoms with van der Waals surface area (Å²) in [5.41, 5.74) is 1.00. The van der Waals surface area contributed by atoms with Gasteiger partial charge in [-0.3, -0.25) is 0 Å². The molecule has 1 aromatic heterocycles. The number of rotatable bonds is 4. The van der Waals surface area contributed by atoms with Crippen LogP contribution in [0.25, 0.3) is 10.1 Å². The molecule has 0 fully saturated rings. The van der Waals surface area contributed by atoms with Crippen molar-refractivity contribution in [3.8, 4) is 11.5 Å². The first-order valence-electron chi connectivity index (χ1n) is 6.19. The lowest BCUT2D eigenvalue weighted by Gasteiger charge is -2.06. The highest BCUT2D eigenvalue weighted by atomic mass is 32.1. The Balaban J connectivity index is 1.78. The number of hydrogen-bond donors (Lipinski definition) is 0. The van der Waals surface area contributed by atoms with Gasteiger partial charge in [0.1, 0.15) is 23.9 Å². The maximum Gasteiger partial charge on any atom is 0.140 e. The number of benzene rings is 2. The van der Waals surface area contributed by atoms with Crippen LogP contribution in [0.1, 0.15) is 5.56 Å². The number of hydrogen-bond acceptors (Lipinski definition) is 3.